The van der Waals surface area contributed by atoms with Crippen LogP contribution in [0.15, 0.2) is 18.2 Å². The van der Waals surface area contributed by atoms with E-state index in [4.69, 9.17) is 9.84 Å². The van der Waals surface area contributed by atoms with Crippen LogP contribution < -0.4 is 4.74 Å². The standard InChI is InChI=1S/C13H14N2O3/c1-7-4-9(12(18-3)5-8(7)2)10-6-11(13(16)17)15-14-10/h4-6H,1-3H3,(H,14,15)(H,16,17). The lowest BCUT2D eigenvalue weighted by molar-refractivity contribution is 0.0690. The number of aromatic amines is 1. The number of rotatable bonds is 3. The van der Waals surface area contributed by atoms with Crippen molar-refractivity contribution < 1.29 is 14.6 Å². The number of methoxy groups -OCH3 is 1. The predicted molar refractivity (Wildman–Crippen MR) is 67.0 cm³/mol. The number of nitrogens with one attached hydrogen (secondary N) is 1. The first-order valence-electron chi connectivity index (χ1n) is 5.47. The third-order valence-electron chi connectivity index (χ3n) is 2.90. The summed E-state index contributed by atoms with van der Waals surface area (Å²) in [5.41, 5.74) is 3.62. The molecule has 1 aromatic heterocycles. The summed E-state index contributed by atoms with van der Waals surface area (Å²) in [6, 6.07) is 5.35. The molecule has 2 rings (SSSR count). The molecule has 0 aliphatic heterocycles. The maximum Gasteiger partial charge on any atom is 0.353 e. The highest BCUT2D eigenvalue weighted by molar-refractivity contribution is 5.87. The van der Waals surface area contributed by atoms with Gasteiger partial charge in [-0.1, -0.05) is 0 Å². The smallest absolute Gasteiger partial charge is 0.353 e. The van der Waals surface area contributed by atoms with Gasteiger partial charge in [0, 0.05) is 5.56 Å². The Labute approximate surface area is 104 Å². The minimum Gasteiger partial charge on any atom is -0.496 e. The van der Waals surface area contributed by atoms with Gasteiger partial charge < -0.3 is 9.84 Å². The largest absolute Gasteiger partial charge is 0.496 e. The number of carbonyl (C=O) groups is 1. The average Bonchev–Trinajstić information content (AvgIpc) is 2.81. The molecule has 0 unspecified atom stereocenters. The van der Waals surface area contributed by atoms with Crippen molar-refractivity contribution >= 4 is 5.97 Å². The maximum atomic E-state index is 10.8. The number of carboxylic acid groups (broad SMARTS) is 1. The van der Waals surface area contributed by atoms with Gasteiger partial charge in [-0.3, -0.25) is 5.10 Å². The lowest BCUT2D eigenvalue weighted by Crippen LogP contribution is -1.95. The van der Waals surface area contributed by atoms with Crippen LogP contribution in [0.25, 0.3) is 11.3 Å². The van der Waals surface area contributed by atoms with Gasteiger partial charge in [-0.15, -0.1) is 0 Å². The zero-order valence-corrected chi connectivity index (χ0v) is 10.4. The zero-order chi connectivity index (χ0) is 13.3. The molecule has 0 radical (unpaired) electrons. The fourth-order valence-electron chi connectivity index (χ4n) is 1.73. The number of aromatic carboxylic acids is 1. The van der Waals surface area contributed by atoms with E-state index in [1.165, 1.54) is 6.07 Å². The molecule has 0 aliphatic carbocycles. The van der Waals surface area contributed by atoms with E-state index in [2.05, 4.69) is 10.2 Å². The molecule has 0 atom stereocenters. The van der Waals surface area contributed by atoms with Crippen LogP contribution >= 0.6 is 0 Å². The first-order chi connectivity index (χ1) is 8.52. The number of ether oxygens (including phenoxy) is 1. The molecule has 5 nitrogen and oxygen atoms in total. The van der Waals surface area contributed by atoms with E-state index >= 15 is 0 Å². The molecule has 0 fully saturated rings. The van der Waals surface area contributed by atoms with E-state index in [-0.39, 0.29) is 5.69 Å². The molecule has 5 heteroatoms. The van der Waals surface area contributed by atoms with Crippen LogP contribution in [0, 0.1) is 13.8 Å². The number of hydrogen-bond donors (Lipinski definition) is 2. The van der Waals surface area contributed by atoms with Crippen molar-refractivity contribution in [1.29, 1.82) is 0 Å². The Morgan fingerprint density at radius 3 is 2.50 bits per heavy atom. The summed E-state index contributed by atoms with van der Waals surface area (Å²) >= 11 is 0. The fourth-order valence-corrected chi connectivity index (χ4v) is 1.73. The molecule has 2 aromatic rings. The van der Waals surface area contributed by atoms with E-state index in [1.54, 1.807) is 7.11 Å². The highest BCUT2D eigenvalue weighted by atomic mass is 16.5. The average molecular weight is 246 g/mol. The number of benzene rings is 1. The molecule has 94 valence electrons. The summed E-state index contributed by atoms with van der Waals surface area (Å²) in [6.07, 6.45) is 0. The fraction of sp³-hybridized carbons (Fsp3) is 0.231. The molecular formula is C13H14N2O3. The Balaban J connectivity index is 2.55. The molecule has 2 N–H and O–H groups in total. The number of nitrogens with zero attached hydrogens (tertiary/aromatic N) is 1. The summed E-state index contributed by atoms with van der Waals surface area (Å²) in [5.74, 6) is -0.349. The van der Waals surface area contributed by atoms with Gasteiger partial charge in [-0.25, -0.2) is 4.79 Å². The number of aromatic nitrogens is 2. The van der Waals surface area contributed by atoms with Crippen molar-refractivity contribution in [2.75, 3.05) is 7.11 Å². The van der Waals surface area contributed by atoms with E-state index in [0.717, 1.165) is 16.7 Å². The third-order valence-corrected chi connectivity index (χ3v) is 2.90. The topological polar surface area (TPSA) is 75.2 Å². The maximum absolute atomic E-state index is 10.8. The summed E-state index contributed by atoms with van der Waals surface area (Å²) in [6.45, 7) is 3.98. The van der Waals surface area contributed by atoms with Crippen molar-refractivity contribution in [3.05, 3.63) is 35.0 Å². The first kappa shape index (κ1) is 12.2. The summed E-state index contributed by atoms with van der Waals surface area (Å²) in [5, 5.41) is 15.4. The minimum absolute atomic E-state index is 0.0604. The monoisotopic (exact) mass is 246 g/mol. The SMILES string of the molecule is COc1cc(C)c(C)cc1-c1cc(C(=O)O)[nH]n1. The van der Waals surface area contributed by atoms with E-state index in [9.17, 15) is 4.79 Å². The Morgan fingerprint density at radius 1 is 1.28 bits per heavy atom. The second-order valence-corrected chi connectivity index (χ2v) is 4.11. The number of aryl methyl sites for hydroxylation is 2. The minimum atomic E-state index is -1.03. The number of H-pyrrole nitrogens is 1. The molecule has 0 spiro atoms. The van der Waals surface area contributed by atoms with Crippen LogP contribution in [0.4, 0.5) is 0 Å². The first-order valence-corrected chi connectivity index (χ1v) is 5.47. The van der Waals surface area contributed by atoms with Crippen molar-refractivity contribution in [3.63, 3.8) is 0 Å². The molecular weight excluding hydrogens is 232 g/mol. The molecule has 1 aromatic carbocycles. The van der Waals surface area contributed by atoms with Gasteiger partial charge in [0.1, 0.15) is 11.4 Å². The van der Waals surface area contributed by atoms with Crippen molar-refractivity contribution in [3.8, 4) is 17.0 Å². The van der Waals surface area contributed by atoms with Gasteiger partial charge in [0.05, 0.1) is 12.8 Å². The van der Waals surface area contributed by atoms with Crippen LogP contribution in [0.3, 0.4) is 0 Å². The lowest BCUT2D eigenvalue weighted by Gasteiger charge is -2.09. The normalized spacial score (nSPS) is 10.4. The summed E-state index contributed by atoms with van der Waals surface area (Å²) in [4.78, 5) is 10.8. The zero-order valence-electron chi connectivity index (χ0n) is 10.4. The van der Waals surface area contributed by atoms with E-state index in [1.807, 2.05) is 26.0 Å². The molecule has 0 bridgehead atoms. The number of carboxylic acids is 1. The Kier molecular flexibility index (Phi) is 3.06. The second-order valence-electron chi connectivity index (χ2n) is 4.11. The van der Waals surface area contributed by atoms with Gasteiger partial charge in [-0.2, -0.15) is 5.10 Å². The highest BCUT2D eigenvalue weighted by Gasteiger charge is 2.14. The van der Waals surface area contributed by atoms with Crippen molar-refractivity contribution in [1.82, 2.24) is 10.2 Å². The molecule has 18 heavy (non-hydrogen) atoms. The van der Waals surface area contributed by atoms with Gasteiger partial charge in [0.25, 0.3) is 0 Å². The Bertz CT molecular complexity index is 602. The van der Waals surface area contributed by atoms with Gasteiger partial charge in [0.2, 0.25) is 0 Å². The molecule has 0 amide bonds. The van der Waals surface area contributed by atoms with Crippen LogP contribution in [-0.2, 0) is 0 Å². The van der Waals surface area contributed by atoms with E-state index < -0.39 is 5.97 Å². The second kappa shape index (κ2) is 4.52. The van der Waals surface area contributed by atoms with Crippen LogP contribution in [-0.4, -0.2) is 28.4 Å². The Morgan fingerprint density at radius 2 is 1.94 bits per heavy atom. The molecule has 1 heterocycles. The van der Waals surface area contributed by atoms with Crippen molar-refractivity contribution in [2.45, 2.75) is 13.8 Å². The molecule has 0 aliphatic rings. The van der Waals surface area contributed by atoms with Gasteiger partial charge in [0.15, 0.2) is 0 Å². The summed E-state index contributed by atoms with van der Waals surface area (Å²) in [7, 11) is 1.58. The third kappa shape index (κ3) is 2.07. The molecule has 0 saturated heterocycles. The van der Waals surface area contributed by atoms with Crippen molar-refractivity contribution in [2.24, 2.45) is 0 Å². The lowest BCUT2D eigenvalue weighted by atomic mass is 10.0. The predicted octanol–water partition coefficient (Wildman–Crippen LogP) is 2.40. The van der Waals surface area contributed by atoms with Gasteiger partial charge >= 0.3 is 5.97 Å². The summed E-state index contributed by atoms with van der Waals surface area (Å²) < 4.78 is 5.30. The highest BCUT2D eigenvalue weighted by Crippen LogP contribution is 2.31. The van der Waals surface area contributed by atoms with Crippen LogP contribution in [0.1, 0.15) is 21.6 Å². The number of hydrogen-bond acceptors (Lipinski definition) is 3. The van der Waals surface area contributed by atoms with E-state index in [0.29, 0.717) is 11.4 Å². The van der Waals surface area contributed by atoms with Gasteiger partial charge in [-0.05, 0) is 43.2 Å². The van der Waals surface area contributed by atoms with Crippen LogP contribution in [0.2, 0.25) is 0 Å². The Hall–Kier alpha value is -2.30. The quantitative estimate of drug-likeness (QED) is 0.872. The van der Waals surface area contributed by atoms with Crippen LogP contribution in [0.5, 0.6) is 5.75 Å². The molecule has 0 saturated carbocycles.